The lowest BCUT2D eigenvalue weighted by atomic mass is 9.83. The van der Waals surface area contributed by atoms with Crippen LogP contribution in [0.3, 0.4) is 0 Å². The van der Waals surface area contributed by atoms with E-state index in [9.17, 15) is 9.59 Å². The molecule has 7 nitrogen and oxygen atoms in total. The van der Waals surface area contributed by atoms with E-state index in [1.165, 1.54) is 10.6 Å². The first-order valence-corrected chi connectivity index (χ1v) is 11.4. The first-order valence-electron chi connectivity index (χ1n) is 11.4. The summed E-state index contributed by atoms with van der Waals surface area (Å²) < 4.78 is 7.72. The molecule has 33 heavy (non-hydrogen) atoms. The SMILES string of the molecule is COc1ccc2c(c1)N[C@@]1(CCCN(CCN3C(=O)c4ccccc4C3=O)C1)c1cccn1-2. The Balaban J connectivity index is 1.23. The lowest BCUT2D eigenvalue weighted by Gasteiger charge is -2.47. The Labute approximate surface area is 192 Å². The molecule has 0 unspecified atom stereocenters. The number of nitrogens with one attached hydrogen (secondary N) is 1. The van der Waals surface area contributed by atoms with E-state index in [-0.39, 0.29) is 17.4 Å². The molecule has 2 amide bonds. The van der Waals surface area contributed by atoms with Gasteiger partial charge in [0.25, 0.3) is 11.8 Å². The molecule has 1 fully saturated rings. The summed E-state index contributed by atoms with van der Waals surface area (Å²) in [5, 5.41) is 3.83. The first kappa shape index (κ1) is 20.1. The highest BCUT2D eigenvalue weighted by Gasteiger charge is 2.43. The molecular weight excluding hydrogens is 416 g/mol. The third-order valence-corrected chi connectivity index (χ3v) is 7.17. The van der Waals surface area contributed by atoms with Gasteiger partial charge < -0.3 is 14.6 Å². The van der Waals surface area contributed by atoms with Crippen LogP contribution in [-0.2, 0) is 5.54 Å². The lowest BCUT2D eigenvalue weighted by molar-refractivity contribution is 0.0619. The number of fused-ring (bicyclic) bond motifs is 5. The van der Waals surface area contributed by atoms with Gasteiger partial charge in [0.2, 0.25) is 0 Å². The van der Waals surface area contributed by atoms with Crippen LogP contribution in [0.15, 0.2) is 60.8 Å². The molecule has 1 N–H and O–H groups in total. The van der Waals surface area contributed by atoms with Gasteiger partial charge in [0.1, 0.15) is 5.75 Å². The molecule has 1 saturated heterocycles. The average molecular weight is 443 g/mol. The summed E-state index contributed by atoms with van der Waals surface area (Å²) in [6.45, 7) is 2.80. The second-order valence-corrected chi connectivity index (χ2v) is 9.04. The Bertz CT molecular complexity index is 1230. The molecule has 1 aromatic heterocycles. The summed E-state index contributed by atoms with van der Waals surface area (Å²) in [5.74, 6) is 0.450. The van der Waals surface area contributed by atoms with Crippen molar-refractivity contribution < 1.29 is 14.3 Å². The number of ether oxygens (including phenoxy) is 1. The largest absolute Gasteiger partial charge is 0.497 e. The lowest BCUT2D eigenvalue weighted by Crippen LogP contribution is -2.54. The number of amides is 2. The Morgan fingerprint density at radius 2 is 1.79 bits per heavy atom. The number of aromatic nitrogens is 1. The smallest absolute Gasteiger partial charge is 0.261 e. The monoisotopic (exact) mass is 442 g/mol. The van der Waals surface area contributed by atoms with Gasteiger partial charge in [0.15, 0.2) is 0 Å². The molecule has 6 rings (SSSR count). The molecule has 4 heterocycles. The molecule has 7 heteroatoms. The highest BCUT2D eigenvalue weighted by atomic mass is 16.5. The number of likely N-dealkylation sites (tertiary alicyclic amines) is 1. The normalized spacial score (nSPS) is 21.5. The van der Waals surface area contributed by atoms with Crippen molar-refractivity contribution in [3.8, 4) is 11.4 Å². The van der Waals surface area contributed by atoms with Gasteiger partial charge in [-0.25, -0.2) is 0 Å². The summed E-state index contributed by atoms with van der Waals surface area (Å²) >= 11 is 0. The Morgan fingerprint density at radius 3 is 2.55 bits per heavy atom. The standard InChI is InChI=1S/C26H26N4O3/c1-33-18-9-10-22-21(16-18)27-26(23-8-4-13-29(22)23)11-5-12-28(17-26)14-15-30-24(31)19-6-2-3-7-20(19)25(30)32/h2-4,6-10,13,16,27H,5,11-12,14-15,17H2,1H3/t26-/m1/s1. The van der Waals surface area contributed by atoms with Crippen LogP contribution >= 0.6 is 0 Å². The predicted octanol–water partition coefficient (Wildman–Crippen LogP) is 3.50. The zero-order valence-corrected chi connectivity index (χ0v) is 18.6. The third kappa shape index (κ3) is 3.07. The van der Waals surface area contributed by atoms with Gasteiger partial charge in [-0.2, -0.15) is 0 Å². The summed E-state index contributed by atoms with van der Waals surface area (Å²) in [6.07, 6.45) is 4.15. The second-order valence-electron chi connectivity index (χ2n) is 9.04. The van der Waals surface area contributed by atoms with E-state index < -0.39 is 0 Å². The van der Waals surface area contributed by atoms with Crippen molar-refractivity contribution in [2.24, 2.45) is 0 Å². The fourth-order valence-corrected chi connectivity index (χ4v) is 5.59. The maximum absolute atomic E-state index is 12.8. The summed E-state index contributed by atoms with van der Waals surface area (Å²) in [5.41, 5.74) is 4.20. The number of anilines is 1. The molecule has 0 saturated carbocycles. The van der Waals surface area contributed by atoms with Gasteiger partial charge in [-0.05, 0) is 55.8 Å². The summed E-state index contributed by atoms with van der Waals surface area (Å²) in [4.78, 5) is 29.3. The Kier molecular flexibility index (Phi) is 4.55. The second kappa shape index (κ2) is 7.49. The van der Waals surface area contributed by atoms with E-state index in [2.05, 4.69) is 45.2 Å². The van der Waals surface area contributed by atoms with Crippen molar-refractivity contribution in [3.63, 3.8) is 0 Å². The molecule has 3 aliphatic rings. The van der Waals surface area contributed by atoms with Crippen molar-refractivity contribution in [2.45, 2.75) is 18.4 Å². The minimum absolute atomic E-state index is 0.187. The van der Waals surface area contributed by atoms with E-state index in [1.54, 1.807) is 31.4 Å². The number of piperidine rings is 1. The number of nitrogens with zero attached hydrogens (tertiary/aromatic N) is 3. The van der Waals surface area contributed by atoms with Gasteiger partial charge in [0, 0.05) is 37.6 Å². The zero-order chi connectivity index (χ0) is 22.6. The van der Waals surface area contributed by atoms with E-state index in [1.807, 2.05) is 6.07 Å². The van der Waals surface area contributed by atoms with Gasteiger partial charge in [-0.1, -0.05) is 12.1 Å². The Morgan fingerprint density at radius 1 is 1.00 bits per heavy atom. The first-order chi connectivity index (χ1) is 16.1. The number of carbonyl (C=O) groups excluding carboxylic acids is 2. The van der Waals surface area contributed by atoms with Gasteiger partial charge in [-0.15, -0.1) is 0 Å². The van der Waals surface area contributed by atoms with E-state index >= 15 is 0 Å². The number of carbonyl (C=O) groups is 2. The maximum atomic E-state index is 12.8. The molecule has 2 aromatic carbocycles. The highest BCUT2D eigenvalue weighted by Crippen LogP contribution is 2.43. The van der Waals surface area contributed by atoms with E-state index in [4.69, 9.17) is 4.74 Å². The number of hydrogen-bond donors (Lipinski definition) is 1. The molecule has 3 aliphatic heterocycles. The van der Waals surface area contributed by atoms with Crippen LogP contribution in [0, 0.1) is 0 Å². The maximum Gasteiger partial charge on any atom is 0.261 e. The third-order valence-electron chi connectivity index (χ3n) is 7.17. The molecule has 0 aliphatic carbocycles. The fourth-order valence-electron chi connectivity index (χ4n) is 5.59. The number of benzene rings is 2. The Hall–Kier alpha value is -3.58. The van der Waals surface area contributed by atoms with Crippen LogP contribution in [-0.4, -0.2) is 59.5 Å². The topological polar surface area (TPSA) is 66.8 Å². The molecular formula is C26H26N4O3. The van der Waals surface area contributed by atoms with E-state index in [0.717, 1.165) is 43.1 Å². The fraction of sp³-hybridized carbons (Fsp3) is 0.308. The highest BCUT2D eigenvalue weighted by molar-refractivity contribution is 6.21. The van der Waals surface area contributed by atoms with Crippen molar-refractivity contribution in [2.75, 3.05) is 38.6 Å². The molecule has 0 radical (unpaired) electrons. The van der Waals surface area contributed by atoms with Gasteiger partial charge in [0.05, 0.1) is 35.2 Å². The molecule has 1 spiro atoms. The van der Waals surface area contributed by atoms with Gasteiger partial charge >= 0.3 is 0 Å². The quantitative estimate of drug-likeness (QED) is 0.627. The van der Waals surface area contributed by atoms with Crippen molar-refractivity contribution >= 4 is 17.5 Å². The minimum Gasteiger partial charge on any atom is -0.497 e. The van der Waals surface area contributed by atoms with Gasteiger partial charge in [-0.3, -0.25) is 19.4 Å². The van der Waals surface area contributed by atoms with Crippen molar-refractivity contribution in [3.05, 3.63) is 77.6 Å². The molecule has 3 aromatic rings. The van der Waals surface area contributed by atoms with Crippen LogP contribution in [0.2, 0.25) is 0 Å². The summed E-state index contributed by atoms with van der Waals surface area (Å²) in [6, 6.07) is 17.5. The number of methoxy groups -OCH3 is 1. The number of hydrogen-bond acceptors (Lipinski definition) is 5. The zero-order valence-electron chi connectivity index (χ0n) is 18.6. The van der Waals surface area contributed by atoms with E-state index in [0.29, 0.717) is 24.2 Å². The molecule has 0 bridgehead atoms. The summed E-state index contributed by atoms with van der Waals surface area (Å²) in [7, 11) is 1.68. The number of rotatable bonds is 4. The van der Waals surface area contributed by atoms with Crippen LogP contribution in [0.1, 0.15) is 39.3 Å². The van der Waals surface area contributed by atoms with Crippen LogP contribution in [0.4, 0.5) is 5.69 Å². The minimum atomic E-state index is -0.233. The van der Waals surface area contributed by atoms with Crippen molar-refractivity contribution in [1.29, 1.82) is 0 Å². The predicted molar refractivity (Wildman–Crippen MR) is 125 cm³/mol. The molecule has 168 valence electrons. The average Bonchev–Trinajstić information content (AvgIpc) is 3.43. The van der Waals surface area contributed by atoms with Crippen LogP contribution in [0.25, 0.3) is 5.69 Å². The van der Waals surface area contributed by atoms with Crippen molar-refractivity contribution in [1.82, 2.24) is 14.4 Å². The number of imide groups is 1. The molecule has 1 atom stereocenters. The van der Waals surface area contributed by atoms with Crippen LogP contribution in [0.5, 0.6) is 5.75 Å². The van der Waals surface area contributed by atoms with Crippen LogP contribution < -0.4 is 10.1 Å².